The molecule has 0 aromatic heterocycles. The molecule has 2 amide bonds. The molecule has 5 nitrogen and oxygen atoms in total. The number of rotatable bonds is 8. The van der Waals surface area contributed by atoms with Gasteiger partial charge >= 0.3 is 0 Å². The van der Waals surface area contributed by atoms with Crippen molar-refractivity contribution < 1.29 is 14.3 Å². The van der Waals surface area contributed by atoms with Crippen LogP contribution >= 0.6 is 11.6 Å². The third-order valence-corrected chi connectivity index (χ3v) is 4.53. The molecule has 0 aliphatic rings. The topological polar surface area (TPSA) is 58.6 Å². The van der Waals surface area contributed by atoms with Crippen molar-refractivity contribution >= 4 is 23.4 Å². The molecule has 0 aliphatic heterocycles. The van der Waals surface area contributed by atoms with Crippen molar-refractivity contribution in [3.63, 3.8) is 0 Å². The van der Waals surface area contributed by atoms with Gasteiger partial charge in [-0.15, -0.1) is 0 Å². The van der Waals surface area contributed by atoms with E-state index in [1.807, 2.05) is 38.1 Å². The number of hydrogen-bond acceptors (Lipinski definition) is 3. The molecule has 0 unspecified atom stereocenters. The number of benzene rings is 2. The molecule has 6 heteroatoms. The van der Waals surface area contributed by atoms with Crippen LogP contribution in [-0.4, -0.2) is 36.4 Å². The smallest absolute Gasteiger partial charge is 0.261 e. The van der Waals surface area contributed by atoms with Gasteiger partial charge in [0.2, 0.25) is 5.91 Å². The van der Waals surface area contributed by atoms with E-state index in [-0.39, 0.29) is 18.4 Å². The first kappa shape index (κ1) is 20.8. The van der Waals surface area contributed by atoms with E-state index in [0.29, 0.717) is 23.7 Å². The summed E-state index contributed by atoms with van der Waals surface area (Å²) in [5.41, 5.74) is 2.10. The van der Waals surface area contributed by atoms with Gasteiger partial charge in [-0.1, -0.05) is 48.4 Å². The van der Waals surface area contributed by atoms with E-state index in [2.05, 4.69) is 5.32 Å². The van der Waals surface area contributed by atoms with E-state index in [1.54, 1.807) is 36.2 Å². The largest absolute Gasteiger partial charge is 0.484 e. The fourth-order valence-corrected chi connectivity index (χ4v) is 2.86. The Kier molecular flexibility index (Phi) is 7.67. The molecule has 0 bridgehead atoms. The van der Waals surface area contributed by atoms with Crippen LogP contribution in [0.15, 0.2) is 48.5 Å². The van der Waals surface area contributed by atoms with E-state index in [9.17, 15) is 9.59 Å². The molecular weight excluding hydrogens is 364 g/mol. The highest BCUT2D eigenvalue weighted by molar-refractivity contribution is 6.30. The predicted molar refractivity (Wildman–Crippen MR) is 107 cm³/mol. The molecule has 2 aromatic carbocycles. The van der Waals surface area contributed by atoms with Gasteiger partial charge in [-0.05, 0) is 43.2 Å². The summed E-state index contributed by atoms with van der Waals surface area (Å²) in [4.78, 5) is 26.7. The second-order valence-electron chi connectivity index (χ2n) is 6.29. The monoisotopic (exact) mass is 388 g/mol. The van der Waals surface area contributed by atoms with Gasteiger partial charge in [0.1, 0.15) is 11.8 Å². The molecule has 1 atom stereocenters. The maximum absolute atomic E-state index is 12.9. The van der Waals surface area contributed by atoms with Gasteiger partial charge in [0.05, 0.1) is 0 Å². The van der Waals surface area contributed by atoms with Crippen molar-refractivity contribution in [2.75, 3.05) is 13.7 Å². The van der Waals surface area contributed by atoms with Crippen molar-refractivity contribution in [1.82, 2.24) is 10.2 Å². The molecule has 27 heavy (non-hydrogen) atoms. The minimum Gasteiger partial charge on any atom is -0.484 e. The number of amides is 2. The Morgan fingerprint density at radius 1 is 1.11 bits per heavy atom. The highest BCUT2D eigenvalue weighted by Crippen LogP contribution is 2.17. The van der Waals surface area contributed by atoms with Crippen LogP contribution in [0, 0.1) is 6.92 Å². The van der Waals surface area contributed by atoms with Gasteiger partial charge in [0.25, 0.3) is 5.91 Å². The summed E-state index contributed by atoms with van der Waals surface area (Å²) in [6.45, 7) is 4.08. The summed E-state index contributed by atoms with van der Waals surface area (Å²) in [6, 6.07) is 14.2. The van der Waals surface area contributed by atoms with E-state index in [1.165, 1.54) is 0 Å². The number of carbonyl (C=O) groups excluding carboxylic acids is 2. The quantitative estimate of drug-likeness (QED) is 0.751. The highest BCUT2D eigenvalue weighted by Gasteiger charge is 2.28. The number of ether oxygens (including phenoxy) is 1. The van der Waals surface area contributed by atoms with Crippen LogP contribution in [0.2, 0.25) is 5.02 Å². The zero-order valence-corrected chi connectivity index (χ0v) is 16.6. The van der Waals surface area contributed by atoms with E-state index in [4.69, 9.17) is 16.3 Å². The number of carbonyl (C=O) groups is 2. The van der Waals surface area contributed by atoms with Gasteiger partial charge in [-0.2, -0.15) is 0 Å². The third kappa shape index (κ3) is 6.00. The van der Waals surface area contributed by atoms with Crippen LogP contribution in [0.4, 0.5) is 0 Å². The van der Waals surface area contributed by atoms with Crippen LogP contribution in [0.25, 0.3) is 0 Å². The lowest BCUT2D eigenvalue weighted by Gasteiger charge is -2.30. The third-order valence-electron chi connectivity index (χ3n) is 4.28. The van der Waals surface area contributed by atoms with Gasteiger partial charge in [-0.3, -0.25) is 9.59 Å². The van der Waals surface area contributed by atoms with Crippen molar-refractivity contribution in [2.45, 2.75) is 32.9 Å². The fraction of sp³-hybridized carbons (Fsp3) is 0.333. The highest BCUT2D eigenvalue weighted by atomic mass is 35.5. The van der Waals surface area contributed by atoms with E-state index in [0.717, 1.165) is 11.1 Å². The Morgan fingerprint density at radius 2 is 1.74 bits per heavy atom. The molecule has 2 rings (SSSR count). The van der Waals surface area contributed by atoms with Crippen molar-refractivity contribution in [3.05, 3.63) is 64.7 Å². The summed E-state index contributed by atoms with van der Waals surface area (Å²) in [7, 11) is 1.57. The molecule has 0 aliphatic carbocycles. The van der Waals surface area contributed by atoms with Gasteiger partial charge in [0.15, 0.2) is 6.61 Å². The molecule has 144 valence electrons. The molecule has 2 aromatic rings. The standard InChI is InChI=1S/C21H25ClN2O3/c1-4-19(21(26)23-3)24(13-16-7-5-15(2)6-8-16)20(25)14-27-18-11-9-17(22)10-12-18/h5-12,19H,4,13-14H2,1-3H3,(H,23,26)/t19-/m1/s1. The molecule has 0 saturated carbocycles. The zero-order valence-electron chi connectivity index (χ0n) is 15.9. The Hall–Kier alpha value is -2.53. The van der Waals surface area contributed by atoms with Crippen LogP contribution in [-0.2, 0) is 16.1 Å². The average molecular weight is 389 g/mol. The van der Waals surface area contributed by atoms with Crippen molar-refractivity contribution in [3.8, 4) is 5.75 Å². The summed E-state index contributed by atoms with van der Waals surface area (Å²) in [6.07, 6.45) is 0.512. The average Bonchev–Trinajstić information content (AvgIpc) is 2.68. The summed E-state index contributed by atoms with van der Waals surface area (Å²) in [5, 5.41) is 3.24. The van der Waals surface area contributed by atoms with Crippen LogP contribution in [0.1, 0.15) is 24.5 Å². The number of nitrogens with one attached hydrogen (secondary N) is 1. The molecule has 0 saturated heterocycles. The van der Waals surface area contributed by atoms with Gasteiger partial charge in [-0.25, -0.2) is 0 Å². The second kappa shape index (κ2) is 9.97. The predicted octanol–water partition coefficient (Wildman–Crippen LogP) is 3.58. The number of likely N-dealkylation sites (N-methyl/N-ethyl adjacent to an activating group) is 1. The Morgan fingerprint density at radius 3 is 2.30 bits per heavy atom. The Bertz CT molecular complexity index is 760. The first-order chi connectivity index (χ1) is 12.9. The first-order valence-electron chi connectivity index (χ1n) is 8.89. The lowest BCUT2D eigenvalue weighted by Crippen LogP contribution is -2.49. The molecule has 0 fully saturated rings. The summed E-state index contributed by atoms with van der Waals surface area (Å²) >= 11 is 5.86. The fourth-order valence-electron chi connectivity index (χ4n) is 2.74. The minimum atomic E-state index is -0.558. The van der Waals surface area contributed by atoms with Gasteiger partial charge < -0.3 is 15.0 Å². The van der Waals surface area contributed by atoms with Crippen molar-refractivity contribution in [2.24, 2.45) is 0 Å². The number of nitrogens with zero attached hydrogens (tertiary/aromatic N) is 1. The second-order valence-corrected chi connectivity index (χ2v) is 6.72. The summed E-state index contributed by atoms with van der Waals surface area (Å²) < 4.78 is 5.59. The lowest BCUT2D eigenvalue weighted by atomic mass is 10.1. The van der Waals surface area contributed by atoms with E-state index < -0.39 is 6.04 Å². The zero-order chi connectivity index (χ0) is 19.8. The van der Waals surface area contributed by atoms with Crippen LogP contribution < -0.4 is 10.1 Å². The minimum absolute atomic E-state index is 0.152. The Balaban J connectivity index is 2.15. The number of hydrogen-bond donors (Lipinski definition) is 1. The van der Waals surface area contributed by atoms with Crippen molar-refractivity contribution in [1.29, 1.82) is 0 Å². The normalized spacial score (nSPS) is 11.6. The summed E-state index contributed by atoms with van der Waals surface area (Å²) in [5.74, 6) is 0.112. The first-order valence-corrected chi connectivity index (χ1v) is 9.27. The van der Waals surface area contributed by atoms with E-state index >= 15 is 0 Å². The maximum atomic E-state index is 12.9. The maximum Gasteiger partial charge on any atom is 0.261 e. The van der Waals surface area contributed by atoms with Gasteiger partial charge in [0, 0.05) is 18.6 Å². The van der Waals surface area contributed by atoms with Crippen LogP contribution in [0.5, 0.6) is 5.75 Å². The molecule has 0 heterocycles. The molecule has 0 spiro atoms. The number of aryl methyl sites for hydroxylation is 1. The van der Waals surface area contributed by atoms with Crippen LogP contribution in [0.3, 0.4) is 0 Å². The molecule has 1 N–H and O–H groups in total. The Labute approximate surface area is 165 Å². The molecule has 0 radical (unpaired) electrons. The lowest BCUT2D eigenvalue weighted by molar-refractivity contribution is -0.142. The SMILES string of the molecule is CC[C@H](C(=O)NC)N(Cc1ccc(C)cc1)C(=O)COc1ccc(Cl)cc1. The molecular formula is C21H25ClN2O3. The number of halogens is 1.